The molecule has 0 aliphatic heterocycles. The second-order valence-electron chi connectivity index (χ2n) is 5.12. The van der Waals surface area contributed by atoms with Crippen LogP contribution in [0, 0.1) is 5.92 Å². The van der Waals surface area contributed by atoms with Crippen LogP contribution in [0.5, 0.6) is 0 Å². The molecule has 0 aliphatic carbocycles. The van der Waals surface area contributed by atoms with Crippen molar-refractivity contribution in [3.63, 3.8) is 0 Å². The van der Waals surface area contributed by atoms with E-state index in [4.69, 9.17) is 28.9 Å². The first-order valence-corrected chi connectivity index (χ1v) is 7.21. The van der Waals surface area contributed by atoms with E-state index in [0.29, 0.717) is 34.5 Å². The summed E-state index contributed by atoms with van der Waals surface area (Å²) in [5, 5.41) is 7.64. The summed E-state index contributed by atoms with van der Waals surface area (Å²) in [5.41, 5.74) is 6.90. The fourth-order valence-electron chi connectivity index (χ4n) is 1.81. The van der Waals surface area contributed by atoms with Gasteiger partial charge in [0.15, 0.2) is 0 Å². The lowest BCUT2D eigenvalue weighted by Gasteiger charge is -2.12. The van der Waals surface area contributed by atoms with Crippen LogP contribution < -0.4 is 16.6 Å². The number of nitrogens with zero attached hydrogens (tertiary/aromatic N) is 2. The van der Waals surface area contributed by atoms with Crippen molar-refractivity contribution in [3.8, 4) is 0 Å². The van der Waals surface area contributed by atoms with E-state index >= 15 is 0 Å². The van der Waals surface area contributed by atoms with Gasteiger partial charge in [-0.3, -0.25) is 4.79 Å². The predicted octanol–water partition coefficient (Wildman–Crippen LogP) is 3.53. The van der Waals surface area contributed by atoms with Crippen LogP contribution in [0.3, 0.4) is 0 Å². The Bertz CT molecular complexity index is 713. The molecule has 0 amide bonds. The summed E-state index contributed by atoms with van der Waals surface area (Å²) in [5.74, 6) is 0.299. The standard InChI is InChI=1S/C14H16Cl2N4O/c1-8(2)7-20-14(21)13(16)12(6-18-20)19-11-5-9(17)3-4-10(11)15/h3-6,8,19H,7,17H2,1-2H3. The van der Waals surface area contributed by atoms with E-state index in [-0.39, 0.29) is 10.6 Å². The Balaban J connectivity index is 2.35. The second-order valence-corrected chi connectivity index (χ2v) is 5.90. The molecular formula is C14H16Cl2N4O. The van der Waals surface area contributed by atoms with E-state index in [2.05, 4.69) is 10.4 Å². The van der Waals surface area contributed by atoms with Gasteiger partial charge in [0.1, 0.15) is 5.02 Å². The molecule has 112 valence electrons. The Hall–Kier alpha value is -1.72. The molecule has 2 rings (SSSR count). The van der Waals surface area contributed by atoms with Crippen molar-refractivity contribution in [1.82, 2.24) is 9.78 Å². The van der Waals surface area contributed by atoms with Crippen molar-refractivity contribution in [2.45, 2.75) is 20.4 Å². The summed E-state index contributed by atoms with van der Waals surface area (Å²) in [6, 6.07) is 5.02. The van der Waals surface area contributed by atoms with Crippen LogP contribution >= 0.6 is 23.2 Å². The zero-order valence-corrected chi connectivity index (χ0v) is 13.2. The molecule has 0 fully saturated rings. The van der Waals surface area contributed by atoms with Crippen LogP contribution in [0.2, 0.25) is 10.0 Å². The maximum atomic E-state index is 12.1. The van der Waals surface area contributed by atoms with Crippen molar-refractivity contribution in [2.24, 2.45) is 5.92 Å². The van der Waals surface area contributed by atoms with Gasteiger partial charge in [-0.2, -0.15) is 5.10 Å². The van der Waals surface area contributed by atoms with Gasteiger partial charge in [-0.05, 0) is 24.1 Å². The fraction of sp³-hybridized carbons (Fsp3) is 0.286. The number of aromatic nitrogens is 2. The molecule has 0 aliphatic rings. The lowest BCUT2D eigenvalue weighted by atomic mass is 10.2. The van der Waals surface area contributed by atoms with Gasteiger partial charge in [-0.1, -0.05) is 37.0 Å². The summed E-state index contributed by atoms with van der Waals surface area (Å²) in [6.07, 6.45) is 1.51. The van der Waals surface area contributed by atoms with Gasteiger partial charge in [0.2, 0.25) is 0 Å². The van der Waals surface area contributed by atoms with E-state index < -0.39 is 0 Å². The van der Waals surface area contributed by atoms with Crippen LogP contribution in [0.1, 0.15) is 13.8 Å². The third-order valence-electron chi connectivity index (χ3n) is 2.78. The molecular weight excluding hydrogens is 311 g/mol. The van der Waals surface area contributed by atoms with E-state index in [1.807, 2.05) is 13.8 Å². The minimum absolute atomic E-state index is 0.0733. The molecule has 3 N–H and O–H groups in total. The van der Waals surface area contributed by atoms with Crippen LogP contribution in [0.4, 0.5) is 17.1 Å². The molecule has 0 bridgehead atoms. The number of anilines is 3. The van der Waals surface area contributed by atoms with E-state index in [0.717, 1.165) is 0 Å². The Kier molecular flexibility index (Phi) is 4.75. The average molecular weight is 327 g/mol. The van der Waals surface area contributed by atoms with Crippen molar-refractivity contribution in [3.05, 3.63) is 44.8 Å². The highest BCUT2D eigenvalue weighted by Crippen LogP contribution is 2.29. The number of hydrogen-bond donors (Lipinski definition) is 2. The van der Waals surface area contributed by atoms with Gasteiger partial charge in [0.25, 0.3) is 5.56 Å². The molecule has 5 nitrogen and oxygen atoms in total. The smallest absolute Gasteiger partial charge is 0.287 e. The first-order valence-electron chi connectivity index (χ1n) is 6.46. The number of halogens is 2. The van der Waals surface area contributed by atoms with Gasteiger partial charge in [0, 0.05) is 12.2 Å². The van der Waals surface area contributed by atoms with Gasteiger partial charge >= 0.3 is 0 Å². The Labute approximate surface area is 132 Å². The lowest BCUT2D eigenvalue weighted by Crippen LogP contribution is -2.25. The van der Waals surface area contributed by atoms with E-state index in [1.54, 1.807) is 18.2 Å². The minimum Gasteiger partial charge on any atom is -0.399 e. The minimum atomic E-state index is -0.338. The summed E-state index contributed by atoms with van der Waals surface area (Å²) in [4.78, 5) is 12.1. The Morgan fingerprint density at radius 1 is 1.33 bits per heavy atom. The molecule has 0 saturated heterocycles. The van der Waals surface area contributed by atoms with Gasteiger partial charge in [-0.25, -0.2) is 4.68 Å². The SMILES string of the molecule is CC(C)Cn1ncc(Nc2cc(N)ccc2Cl)c(Cl)c1=O. The van der Waals surface area contributed by atoms with Crippen LogP contribution in [-0.2, 0) is 6.54 Å². The highest BCUT2D eigenvalue weighted by Gasteiger charge is 2.11. The molecule has 0 atom stereocenters. The van der Waals surface area contributed by atoms with Crippen molar-refractivity contribution >= 4 is 40.3 Å². The van der Waals surface area contributed by atoms with Crippen molar-refractivity contribution < 1.29 is 0 Å². The predicted molar refractivity (Wildman–Crippen MR) is 87.5 cm³/mol. The maximum absolute atomic E-state index is 12.1. The van der Waals surface area contributed by atoms with Gasteiger partial charge in [-0.15, -0.1) is 0 Å². The summed E-state index contributed by atoms with van der Waals surface area (Å²) in [6.45, 7) is 4.51. The summed E-state index contributed by atoms with van der Waals surface area (Å²) >= 11 is 12.2. The van der Waals surface area contributed by atoms with Crippen molar-refractivity contribution in [1.29, 1.82) is 0 Å². The molecule has 1 aromatic heterocycles. The summed E-state index contributed by atoms with van der Waals surface area (Å²) in [7, 11) is 0. The van der Waals surface area contributed by atoms with E-state index in [9.17, 15) is 4.79 Å². The Morgan fingerprint density at radius 3 is 2.71 bits per heavy atom. The Morgan fingerprint density at radius 2 is 2.05 bits per heavy atom. The molecule has 1 heterocycles. The molecule has 0 unspecified atom stereocenters. The molecule has 2 aromatic rings. The maximum Gasteiger partial charge on any atom is 0.287 e. The molecule has 0 saturated carbocycles. The normalized spacial score (nSPS) is 10.9. The number of benzene rings is 1. The number of rotatable bonds is 4. The zero-order valence-electron chi connectivity index (χ0n) is 11.7. The molecule has 21 heavy (non-hydrogen) atoms. The first kappa shape index (κ1) is 15.7. The summed E-state index contributed by atoms with van der Waals surface area (Å²) < 4.78 is 1.35. The number of nitrogens with two attached hydrogens (primary N) is 1. The van der Waals surface area contributed by atoms with Crippen LogP contribution in [0.15, 0.2) is 29.2 Å². The van der Waals surface area contributed by atoms with Crippen LogP contribution in [-0.4, -0.2) is 9.78 Å². The topological polar surface area (TPSA) is 72.9 Å². The first-order chi connectivity index (χ1) is 9.88. The van der Waals surface area contributed by atoms with Gasteiger partial charge in [0.05, 0.1) is 22.6 Å². The zero-order chi connectivity index (χ0) is 15.6. The van der Waals surface area contributed by atoms with E-state index in [1.165, 1.54) is 10.9 Å². The number of nitrogens with one attached hydrogen (secondary N) is 1. The molecule has 1 aromatic carbocycles. The highest BCUT2D eigenvalue weighted by molar-refractivity contribution is 6.34. The monoisotopic (exact) mass is 326 g/mol. The molecule has 7 heteroatoms. The third-order valence-corrected chi connectivity index (χ3v) is 3.48. The quantitative estimate of drug-likeness (QED) is 0.843. The number of nitrogen functional groups attached to an aromatic ring is 1. The number of hydrogen-bond acceptors (Lipinski definition) is 4. The fourth-order valence-corrected chi connectivity index (χ4v) is 2.17. The molecule has 0 spiro atoms. The van der Waals surface area contributed by atoms with Crippen molar-refractivity contribution in [2.75, 3.05) is 11.1 Å². The second kappa shape index (κ2) is 6.37. The largest absolute Gasteiger partial charge is 0.399 e. The average Bonchev–Trinajstić information content (AvgIpc) is 2.42. The third kappa shape index (κ3) is 3.68. The van der Waals surface area contributed by atoms with Crippen LogP contribution in [0.25, 0.3) is 0 Å². The molecule has 0 radical (unpaired) electrons. The lowest BCUT2D eigenvalue weighted by molar-refractivity contribution is 0.464. The van der Waals surface area contributed by atoms with Gasteiger partial charge < -0.3 is 11.1 Å². The highest BCUT2D eigenvalue weighted by atomic mass is 35.5.